The Labute approximate surface area is 157 Å². The van der Waals surface area contributed by atoms with Crippen molar-refractivity contribution in [3.05, 3.63) is 5.01 Å². The number of carboxylic acid groups (broad SMARTS) is 1. The normalized spacial score (nSPS) is 22.8. The van der Waals surface area contributed by atoms with Crippen molar-refractivity contribution in [1.82, 2.24) is 20.4 Å². The van der Waals surface area contributed by atoms with Gasteiger partial charge in [0.25, 0.3) is 0 Å². The van der Waals surface area contributed by atoms with Gasteiger partial charge in [-0.1, -0.05) is 32.1 Å². The Morgan fingerprint density at radius 2 is 1.96 bits per heavy atom. The first-order valence-electron chi connectivity index (χ1n) is 9.08. The van der Waals surface area contributed by atoms with Crippen molar-refractivity contribution in [2.45, 2.75) is 64.0 Å². The first-order chi connectivity index (χ1) is 12.2. The summed E-state index contributed by atoms with van der Waals surface area (Å²) in [5, 5.41) is 24.3. The molecule has 2 saturated carbocycles. The summed E-state index contributed by atoms with van der Waals surface area (Å²) in [5.74, 6) is -0.134. The number of amides is 2. The molecule has 9 heteroatoms. The summed E-state index contributed by atoms with van der Waals surface area (Å²) in [4.78, 5) is 25.2. The average Bonchev–Trinajstić information content (AvgIpc) is 3.15. The van der Waals surface area contributed by atoms with Gasteiger partial charge in [-0.05, 0) is 31.6 Å². The van der Waals surface area contributed by atoms with Gasteiger partial charge in [0.05, 0.1) is 6.54 Å². The van der Waals surface area contributed by atoms with E-state index >= 15 is 0 Å². The van der Waals surface area contributed by atoms with Gasteiger partial charge in [-0.15, -0.1) is 10.2 Å². The number of hydrogen-bond donors (Lipinski definition) is 3. The number of nitrogens with zero attached hydrogens (tertiary/aromatic N) is 3. The molecule has 8 nitrogen and oxygen atoms in total. The number of aromatic nitrogens is 2. The first-order valence-corrected chi connectivity index (χ1v) is 9.89. The predicted octanol–water partition coefficient (Wildman–Crippen LogP) is 2.28. The average molecular weight is 382 g/mol. The second-order valence-electron chi connectivity index (χ2n) is 8.35. The van der Waals surface area contributed by atoms with Crippen molar-refractivity contribution in [3.8, 4) is 0 Å². The van der Waals surface area contributed by atoms with Crippen LogP contribution in [0.15, 0.2) is 0 Å². The number of carbonyl (C=O) groups is 2. The number of carbonyl (C=O) groups excluding carboxylic acids is 1. The molecule has 0 bridgehead atoms. The standard InChI is InChI=1S/C17H27N5O3S/c1-17(2,3)14-20-21-16(26-14)19-15(25)18-11-6-12(7-11)22(9-13(23)24)8-10-4-5-10/h10-12H,4-9H2,1-3H3,(H,23,24)(H2,18,19,21,25). The Bertz CT molecular complexity index is 662. The summed E-state index contributed by atoms with van der Waals surface area (Å²) in [5.41, 5.74) is -0.0928. The molecule has 2 amide bonds. The maximum absolute atomic E-state index is 12.1. The lowest BCUT2D eigenvalue weighted by Crippen LogP contribution is -2.55. The van der Waals surface area contributed by atoms with Gasteiger partial charge in [0.1, 0.15) is 5.01 Å². The molecule has 3 N–H and O–H groups in total. The monoisotopic (exact) mass is 381 g/mol. The van der Waals surface area contributed by atoms with E-state index in [0.717, 1.165) is 24.4 Å². The van der Waals surface area contributed by atoms with Crippen LogP contribution in [0.1, 0.15) is 51.5 Å². The van der Waals surface area contributed by atoms with Crippen molar-refractivity contribution in [2.24, 2.45) is 5.92 Å². The quantitative estimate of drug-likeness (QED) is 0.669. The molecule has 144 valence electrons. The lowest BCUT2D eigenvalue weighted by Gasteiger charge is -2.42. The van der Waals surface area contributed by atoms with Gasteiger partial charge in [-0.25, -0.2) is 4.79 Å². The minimum atomic E-state index is -0.786. The van der Waals surface area contributed by atoms with Gasteiger partial charge >= 0.3 is 12.0 Å². The van der Waals surface area contributed by atoms with Crippen LogP contribution in [0.4, 0.5) is 9.93 Å². The zero-order chi connectivity index (χ0) is 18.9. The first kappa shape index (κ1) is 19.0. The molecule has 2 fully saturated rings. The zero-order valence-corrected chi connectivity index (χ0v) is 16.3. The molecule has 2 aliphatic rings. The van der Waals surface area contributed by atoms with Crippen LogP contribution in [-0.4, -0.2) is 57.4 Å². The smallest absolute Gasteiger partial charge is 0.321 e. The molecule has 1 heterocycles. The molecular weight excluding hydrogens is 354 g/mol. The zero-order valence-electron chi connectivity index (χ0n) is 15.5. The number of aliphatic carboxylic acids is 1. The number of hydrogen-bond acceptors (Lipinski definition) is 6. The number of anilines is 1. The summed E-state index contributed by atoms with van der Waals surface area (Å²) < 4.78 is 0. The van der Waals surface area contributed by atoms with Gasteiger partial charge in [0.15, 0.2) is 0 Å². The van der Waals surface area contributed by atoms with E-state index in [9.17, 15) is 9.59 Å². The topological polar surface area (TPSA) is 107 Å². The van der Waals surface area contributed by atoms with Crippen molar-refractivity contribution in [3.63, 3.8) is 0 Å². The minimum Gasteiger partial charge on any atom is -0.480 e. The van der Waals surface area contributed by atoms with E-state index in [2.05, 4.69) is 46.5 Å². The van der Waals surface area contributed by atoms with E-state index in [4.69, 9.17) is 5.11 Å². The number of rotatable bonds is 7. The highest BCUT2D eigenvalue weighted by molar-refractivity contribution is 7.15. The summed E-state index contributed by atoms with van der Waals surface area (Å²) >= 11 is 1.38. The predicted molar refractivity (Wildman–Crippen MR) is 99.5 cm³/mol. The summed E-state index contributed by atoms with van der Waals surface area (Å²) in [6.45, 7) is 7.10. The van der Waals surface area contributed by atoms with Gasteiger partial charge < -0.3 is 10.4 Å². The maximum Gasteiger partial charge on any atom is 0.321 e. The fraction of sp³-hybridized carbons (Fsp3) is 0.765. The highest BCUT2D eigenvalue weighted by Crippen LogP contribution is 2.34. The third-order valence-electron chi connectivity index (χ3n) is 4.78. The Balaban J connectivity index is 1.43. The molecule has 2 aliphatic carbocycles. The van der Waals surface area contributed by atoms with Gasteiger partial charge in [0, 0.05) is 24.0 Å². The van der Waals surface area contributed by atoms with Crippen LogP contribution in [0.3, 0.4) is 0 Å². The van der Waals surface area contributed by atoms with Crippen LogP contribution in [0.2, 0.25) is 0 Å². The van der Waals surface area contributed by atoms with Crippen LogP contribution in [-0.2, 0) is 10.2 Å². The van der Waals surface area contributed by atoms with Crippen molar-refractivity contribution in [1.29, 1.82) is 0 Å². The molecule has 0 atom stereocenters. The lowest BCUT2D eigenvalue weighted by molar-refractivity contribution is -0.139. The molecule has 0 aromatic carbocycles. The molecule has 0 unspecified atom stereocenters. The molecule has 0 saturated heterocycles. The SMILES string of the molecule is CC(C)(C)c1nnc(NC(=O)NC2CC(N(CC(=O)O)CC3CC3)C2)s1. The molecule has 1 aromatic heterocycles. The largest absolute Gasteiger partial charge is 0.480 e. The van der Waals surface area contributed by atoms with Crippen molar-refractivity contribution >= 4 is 28.5 Å². The van der Waals surface area contributed by atoms with E-state index in [0.29, 0.717) is 11.0 Å². The van der Waals surface area contributed by atoms with Crippen LogP contribution in [0, 0.1) is 5.92 Å². The lowest BCUT2D eigenvalue weighted by atomic mass is 9.85. The maximum atomic E-state index is 12.1. The highest BCUT2D eigenvalue weighted by Gasteiger charge is 2.37. The van der Waals surface area contributed by atoms with E-state index in [1.807, 2.05) is 0 Å². The molecule has 0 spiro atoms. The highest BCUT2D eigenvalue weighted by atomic mass is 32.1. The Hall–Kier alpha value is -1.74. The number of nitrogens with one attached hydrogen (secondary N) is 2. The molecule has 3 rings (SSSR count). The fourth-order valence-electron chi connectivity index (χ4n) is 3.05. The third kappa shape index (κ3) is 5.14. The summed E-state index contributed by atoms with van der Waals surface area (Å²) in [6.07, 6.45) is 3.98. The van der Waals surface area contributed by atoms with E-state index in [1.165, 1.54) is 24.2 Å². The van der Waals surface area contributed by atoms with Crippen LogP contribution >= 0.6 is 11.3 Å². The van der Waals surface area contributed by atoms with E-state index in [-0.39, 0.29) is 30.1 Å². The van der Waals surface area contributed by atoms with Crippen LogP contribution in [0.25, 0.3) is 0 Å². The third-order valence-corrected chi connectivity index (χ3v) is 6.04. The van der Waals surface area contributed by atoms with E-state index in [1.54, 1.807) is 0 Å². The molecular formula is C17H27N5O3S. The summed E-state index contributed by atoms with van der Waals surface area (Å²) in [7, 11) is 0. The van der Waals surface area contributed by atoms with Gasteiger partial charge in [-0.3, -0.25) is 15.0 Å². The Kier molecular flexibility index (Phi) is 5.47. The fourth-order valence-corrected chi connectivity index (χ4v) is 3.84. The Morgan fingerprint density at radius 1 is 1.27 bits per heavy atom. The summed E-state index contributed by atoms with van der Waals surface area (Å²) in [6, 6.07) is 0.0357. The van der Waals surface area contributed by atoms with Crippen LogP contribution in [0.5, 0.6) is 0 Å². The van der Waals surface area contributed by atoms with Gasteiger partial charge in [-0.2, -0.15) is 0 Å². The molecule has 0 aliphatic heterocycles. The molecule has 26 heavy (non-hydrogen) atoms. The number of urea groups is 1. The molecule has 1 aromatic rings. The molecule has 0 radical (unpaired) electrons. The second kappa shape index (κ2) is 7.48. The number of carboxylic acids is 1. The van der Waals surface area contributed by atoms with Crippen LogP contribution < -0.4 is 10.6 Å². The van der Waals surface area contributed by atoms with Crippen molar-refractivity contribution < 1.29 is 14.7 Å². The van der Waals surface area contributed by atoms with Gasteiger partial charge in [0.2, 0.25) is 5.13 Å². The minimum absolute atomic E-state index is 0.0745. The van der Waals surface area contributed by atoms with E-state index < -0.39 is 5.97 Å². The Morgan fingerprint density at radius 3 is 2.50 bits per heavy atom. The van der Waals surface area contributed by atoms with Crippen molar-refractivity contribution in [2.75, 3.05) is 18.4 Å². The second-order valence-corrected chi connectivity index (χ2v) is 9.33.